The lowest BCUT2D eigenvalue weighted by atomic mass is 10.1. The molecule has 1 N–H and O–H groups in total. The van der Waals surface area contributed by atoms with E-state index >= 15 is 0 Å². The largest absolute Gasteiger partial charge is 0.478 e. The molecule has 70 valence electrons. The molecule has 0 saturated heterocycles. The van der Waals surface area contributed by atoms with Crippen molar-refractivity contribution in [1.82, 2.24) is 0 Å². The maximum atomic E-state index is 10.5. The molecule has 3 heteroatoms. The van der Waals surface area contributed by atoms with Crippen LogP contribution in [0.1, 0.15) is 32.6 Å². The van der Waals surface area contributed by atoms with Crippen LogP contribution in [0.15, 0.2) is 11.6 Å². The molecule has 0 radical (unpaired) electrons. The predicted octanol–water partition coefficient (Wildman–Crippen LogP) is 2.97. The molecule has 0 spiro atoms. The van der Waals surface area contributed by atoms with Gasteiger partial charge in [-0.25, -0.2) is 4.79 Å². The van der Waals surface area contributed by atoms with Gasteiger partial charge in [-0.15, -0.1) is 0 Å². The van der Waals surface area contributed by atoms with Gasteiger partial charge in [0.05, 0.1) is 0 Å². The van der Waals surface area contributed by atoms with E-state index in [-0.39, 0.29) is 0 Å². The van der Waals surface area contributed by atoms with Gasteiger partial charge in [-0.2, -0.15) is 0 Å². The molecular weight excluding hydrogens is 220 g/mol. The maximum Gasteiger partial charge on any atom is 0.331 e. The first-order valence-corrected chi connectivity index (χ1v) is 5.32. The van der Waals surface area contributed by atoms with E-state index in [0.29, 0.717) is 12.0 Å². The molecule has 0 saturated carbocycles. The molecule has 0 aliphatic rings. The molecule has 0 aromatic rings. The van der Waals surface area contributed by atoms with Gasteiger partial charge in [0.1, 0.15) is 0 Å². The summed E-state index contributed by atoms with van der Waals surface area (Å²) in [6.07, 6.45) is 5.48. The van der Waals surface area contributed by atoms with Crippen LogP contribution in [0.2, 0.25) is 0 Å². The van der Waals surface area contributed by atoms with E-state index in [1.807, 2.05) is 13.0 Å². The number of alkyl halides is 1. The van der Waals surface area contributed by atoms with E-state index in [9.17, 15) is 4.79 Å². The van der Waals surface area contributed by atoms with Crippen LogP contribution in [0.25, 0.3) is 0 Å². The van der Waals surface area contributed by atoms with Crippen LogP contribution >= 0.6 is 15.9 Å². The summed E-state index contributed by atoms with van der Waals surface area (Å²) in [6, 6.07) is 0. The van der Waals surface area contributed by atoms with Crippen LogP contribution < -0.4 is 0 Å². The first-order chi connectivity index (χ1) is 5.72. The zero-order valence-electron chi connectivity index (χ0n) is 7.35. The van der Waals surface area contributed by atoms with Crippen LogP contribution in [0.4, 0.5) is 0 Å². The number of rotatable bonds is 6. The molecule has 0 unspecified atom stereocenters. The molecule has 0 amide bonds. The molecule has 2 nitrogen and oxygen atoms in total. The van der Waals surface area contributed by atoms with Crippen LogP contribution in [-0.2, 0) is 4.79 Å². The minimum absolute atomic E-state index is 0.532. The highest BCUT2D eigenvalue weighted by Crippen LogP contribution is 2.06. The molecule has 0 bridgehead atoms. The smallest absolute Gasteiger partial charge is 0.331 e. The Morgan fingerprint density at radius 2 is 2.17 bits per heavy atom. The highest BCUT2D eigenvalue weighted by molar-refractivity contribution is 9.09. The summed E-state index contributed by atoms with van der Waals surface area (Å²) in [4.78, 5) is 10.5. The quantitative estimate of drug-likeness (QED) is 0.436. The topological polar surface area (TPSA) is 37.3 Å². The summed E-state index contributed by atoms with van der Waals surface area (Å²) >= 11 is 3.33. The first kappa shape index (κ1) is 11.7. The minimum atomic E-state index is -0.781. The highest BCUT2D eigenvalue weighted by atomic mass is 79.9. The zero-order chi connectivity index (χ0) is 9.40. The van der Waals surface area contributed by atoms with Gasteiger partial charge < -0.3 is 5.11 Å². The molecule has 12 heavy (non-hydrogen) atoms. The monoisotopic (exact) mass is 234 g/mol. The van der Waals surface area contributed by atoms with Crippen LogP contribution in [0, 0.1) is 0 Å². The summed E-state index contributed by atoms with van der Waals surface area (Å²) in [5.74, 6) is -0.781. The number of hydrogen-bond donors (Lipinski definition) is 1. The zero-order valence-corrected chi connectivity index (χ0v) is 8.93. The molecule has 0 fully saturated rings. The van der Waals surface area contributed by atoms with Crippen molar-refractivity contribution >= 4 is 21.9 Å². The summed E-state index contributed by atoms with van der Waals surface area (Å²) in [7, 11) is 0. The van der Waals surface area contributed by atoms with E-state index in [0.717, 1.165) is 24.6 Å². The third-order valence-electron chi connectivity index (χ3n) is 1.63. The maximum absolute atomic E-state index is 10.5. The van der Waals surface area contributed by atoms with Gasteiger partial charge in [0.25, 0.3) is 0 Å². The van der Waals surface area contributed by atoms with Crippen LogP contribution in [0.3, 0.4) is 0 Å². The van der Waals surface area contributed by atoms with Gasteiger partial charge >= 0.3 is 5.97 Å². The Bertz CT molecular complexity index is 164. The Morgan fingerprint density at radius 1 is 1.50 bits per heavy atom. The molecule has 0 rings (SSSR count). The number of aliphatic carboxylic acids is 1. The van der Waals surface area contributed by atoms with Gasteiger partial charge in [0.15, 0.2) is 0 Å². The lowest BCUT2D eigenvalue weighted by Gasteiger charge is -1.97. The second kappa shape index (κ2) is 7.35. The number of carboxylic acids is 1. The molecule has 0 aliphatic heterocycles. The van der Waals surface area contributed by atoms with Gasteiger partial charge in [-0.05, 0) is 25.7 Å². The summed E-state index contributed by atoms with van der Waals surface area (Å²) < 4.78 is 0. The summed E-state index contributed by atoms with van der Waals surface area (Å²) in [5, 5.41) is 9.65. The van der Waals surface area contributed by atoms with E-state index in [4.69, 9.17) is 5.11 Å². The molecular formula is C9H15BrO2. The Morgan fingerprint density at radius 3 is 2.58 bits per heavy atom. The molecule has 0 atom stereocenters. The van der Waals surface area contributed by atoms with Crippen molar-refractivity contribution in [3.63, 3.8) is 0 Å². The van der Waals surface area contributed by atoms with Gasteiger partial charge in [-0.1, -0.05) is 28.9 Å². The Hall–Kier alpha value is -0.310. The van der Waals surface area contributed by atoms with Crippen molar-refractivity contribution in [2.75, 3.05) is 5.33 Å². The van der Waals surface area contributed by atoms with Crippen molar-refractivity contribution in [2.45, 2.75) is 32.6 Å². The minimum Gasteiger partial charge on any atom is -0.478 e. The number of carbonyl (C=O) groups is 1. The van der Waals surface area contributed by atoms with Crippen molar-refractivity contribution in [1.29, 1.82) is 0 Å². The first-order valence-electron chi connectivity index (χ1n) is 4.20. The Balaban J connectivity index is 3.71. The summed E-state index contributed by atoms with van der Waals surface area (Å²) in [5.41, 5.74) is 0.532. The lowest BCUT2D eigenvalue weighted by Crippen LogP contribution is -1.98. The number of allylic oxidation sites excluding steroid dienone is 1. The van der Waals surface area contributed by atoms with Crippen molar-refractivity contribution < 1.29 is 9.90 Å². The van der Waals surface area contributed by atoms with E-state index < -0.39 is 5.97 Å². The summed E-state index contributed by atoms with van der Waals surface area (Å²) in [6.45, 7) is 1.87. The number of unbranched alkanes of at least 4 members (excludes halogenated alkanes) is 2. The van der Waals surface area contributed by atoms with Crippen molar-refractivity contribution in [2.24, 2.45) is 0 Å². The second-order valence-corrected chi connectivity index (χ2v) is 3.37. The molecule has 0 aliphatic carbocycles. The van der Waals surface area contributed by atoms with Crippen molar-refractivity contribution in [3.05, 3.63) is 11.6 Å². The highest BCUT2D eigenvalue weighted by Gasteiger charge is 2.01. The lowest BCUT2D eigenvalue weighted by molar-refractivity contribution is -0.132. The van der Waals surface area contributed by atoms with Crippen LogP contribution in [0.5, 0.6) is 0 Å². The number of halogens is 1. The van der Waals surface area contributed by atoms with E-state index in [1.54, 1.807) is 0 Å². The molecule has 0 heterocycles. The molecule has 0 aromatic heterocycles. The standard InChI is InChI=1S/C9H15BrO2/c1-2-8(9(11)12)6-4-3-5-7-10/h6H,2-5,7H2,1H3,(H,11,12). The fourth-order valence-corrected chi connectivity index (χ4v) is 1.29. The fourth-order valence-electron chi connectivity index (χ4n) is 0.898. The van der Waals surface area contributed by atoms with Gasteiger partial charge in [0, 0.05) is 10.9 Å². The Kier molecular flexibility index (Phi) is 7.16. The number of hydrogen-bond acceptors (Lipinski definition) is 1. The number of carboxylic acid groups (broad SMARTS) is 1. The van der Waals surface area contributed by atoms with E-state index in [1.165, 1.54) is 0 Å². The average molecular weight is 235 g/mol. The third kappa shape index (κ3) is 5.35. The third-order valence-corrected chi connectivity index (χ3v) is 2.19. The average Bonchev–Trinajstić information content (AvgIpc) is 2.04. The van der Waals surface area contributed by atoms with Crippen LogP contribution in [-0.4, -0.2) is 16.4 Å². The normalized spacial score (nSPS) is 11.7. The predicted molar refractivity (Wildman–Crippen MR) is 53.7 cm³/mol. The second-order valence-electron chi connectivity index (χ2n) is 2.57. The van der Waals surface area contributed by atoms with E-state index in [2.05, 4.69) is 15.9 Å². The van der Waals surface area contributed by atoms with Gasteiger partial charge in [0.2, 0.25) is 0 Å². The SMILES string of the molecule is CCC(=CCCCCBr)C(=O)O. The fraction of sp³-hybridized carbons (Fsp3) is 0.667. The Labute approximate surface area is 81.8 Å². The molecule has 0 aromatic carbocycles. The van der Waals surface area contributed by atoms with Gasteiger partial charge in [-0.3, -0.25) is 0 Å². The van der Waals surface area contributed by atoms with Crippen molar-refractivity contribution in [3.8, 4) is 0 Å².